The third-order valence-electron chi connectivity index (χ3n) is 2.25. The first-order valence-corrected chi connectivity index (χ1v) is 7.93. The Morgan fingerprint density at radius 3 is 2.19 bits per heavy atom. The highest BCUT2D eigenvalue weighted by atomic mass is 79.9. The van der Waals surface area contributed by atoms with E-state index in [9.17, 15) is 4.79 Å². The Morgan fingerprint density at radius 2 is 1.81 bits per heavy atom. The van der Waals surface area contributed by atoms with E-state index >= 15 is 0 Å². The van der Waals surface area contributed by atoms with E-state index in [0.717, 1.165) is 6.42 Å². The number of carbonyl (C=O) groups excluding carboxylic acids is 1. The van der Waals surface area contributed by atoms with Crippen LogP contribution in [-0.2, 0) is 18.1 Å². The summed E-state index contributed by atoms with van der Waals surface area (Å²) in [6.07, 6.45) is 0.771. The molecule has 0 saturated heterocycles. The normalized spacial score (nSPS) is 13.6. The molecular formula is C9H20BrNO4Si. The van der Waals surface area contributed by atoms with E-state index < -0.39 is 8.80 Å². The zero-order chi connectivity index (χ0) is 12.6. The van der Waals surface area contributed by atoms with Gasteiger partial charge in [-0.3, -0.25) is 4.79 Å². The average Bonchev–Trinajstić information content (AvgIpc) is 2.30. The van der Waals surface area contributed by atoms with Gasteiger partial charge >= 0.3 is 8.80 Å². The van der Waals surface area contributed by atoms with Crippen molar-refractivity contribution in [1.29, 1.82) is 0 Å². The molecule has 0 spiro atoms. The fraction of sp³-hybridized carbons (Fsp3) is 0.889. The molecule has 7 heteroatoms. The van der Waals surface area contributed by atoms with E-state index in [4.69, 9.17) is 13.3 Å². The lowest BCUT2D eigenvalue weighted by Crippen LogP contribution is -2.43. The monoisotopic (exact) mass is 313 g/mol. The van der Waals surface area contributed by atoms with Gasteiger partial charge in [0, 0.05) is 33.9 Å². The summed E-state index contributed by atoms with van der Waals surface area (Å²) in [5, 5.41) is 2.80. The lowest BCUT2D eigenvalue weighted by atomic mass is 10.4. The van der Waals surface area contributed by atoms with Crippen molar-refractivity contribution in [2.75, 3.05) is 27.9 Å². The van der Waals surface area contributed by atoms with Crippen LogP contribution in [0.15, 0.2) is 0 Å². The van der Waals surface area contributed by atoms with Crippen molar-refractivity contribution in [1.82, 2.24) is 5.32 Å². The first kappa shape index (κ1) is 16.0. The Kier molecular flexibility index (Phi) is 8.21. The van der Waals surface area contributed by atoms with Gasteiger partial charge in [0.05, 0.1) is 4.83 Å². The van der Waals surface area contributed by atoms with E-state index in [2.05, 4.69) is 21.2 Å². The lowest BCUT2D eigenvalue weighted by molar-refractivity contribution is -0.120. The fourth-order valence-electron chi connectivity index (χ4n) is 1.21. The number of alkyl halides is 1. The van der Waals surface area contributed by atoms with E-state index in [-0.39, 0.29) is 10.7 Å². The number of carbonyl (C=O) groups is 1. The summed E-state index contributed by atoms with van der Waals surface area (Å²) in [5.74, 6) is -0.0143. The minimum absolute atomic E-state index is 0.0143. The van der Waals surface area contributed by atoms with Crippen LogP contribution in [0.2, 0.25) is 6.04 Å². The van der Waals surface area contributed by atoms with Crippen LogP contribution in [0.1, 0.15) is 13.3 Å². The molecule has 5 nitrogen and oxygen atoms in total. The maximum Gasteiger partial charge on any atom is 0.500 e. The molecule has 96 valence electrons. The molecule has 0 heterocycles. The quantitative estimate of drug-likeness (QED) is 0.415. The van der Waals surface area contributed by atoms with Crippen molar-refractivity contribution in [2.24, 2.45) is 0 Å². The Hall–Kier alpha value is 0.0469. The summed E-state index contributed by atoms with van der Waals surface area (Å²) in [6.45, 7) is 2.38. The number of amides is 1. The molecular weight excluding hydrogens is 294 g/mol. The standard InChI is InChI=1S/C9H20BrNO4Si/c1-8(10)9(12)11-6-5-7-16(13-2,14-3)15-4/h8H,5-7H2,1-4H3,(H,11,12). The van der Waals surface area contributed by atoms with Gasteiger partial charge in [-0.25, -0.2) is 0 Å². The van der Waals surface area contributed by atoms with Gasteiger partial charge in [0.2, 0.25) is 5.91 Å². The summed E-state index contributed by atoms with van der Waals surface area (Å²) < 4.78 is 15.8. The van der Waals surface area contributed by atoms with E-state index in [1.54, 1.807) is 28.3 Å². The van der Waals surface area contributed by atoms with Gasteiger partial charge in [0.15, 0.2) is 0 Å². The number of halogens is 1. The molecule has 0 aliphatic heterocycles. The van der Waals surface area contributed by atoms with Gasteiger partial charge in [-0.1, -0.05) is 15.9 Å². The van der Waals surface area contributed by atoms with Crippen molar-refractivity contribution in [3.05, 3.63) is 0 Å². The Labute approximate surface area is 106 Å². The van der Waals surface area contributed by atoms with Gasteiger partial charge in [-0.2, -0.15) is 0 Å². The zero-order valence-corrected chi connectivity index (χ0v) is 12.8. The summed E-state index contributed by atoms with van der Waals surface area (Å²) in [6, 6.07) is 0.688. The third kappa shape index (κ3) is 5.40. The lowest BCUT2D eigenvalue weighted by Gasteiger charge is -2.24. The highest BCUT2D eigenvalue weighted by molar-refractivity contribution is 9.10. The fourth-order valence-corrected chi connectivity index (χ4v) is 3.10. The molecule has 1 amide bonds. The first-order valence-electron chi connectivity index (χ1n) is 5.08. The summed E-state index contributed by atoms with van der Waals surface area (Å²) in [7, 11) is 2.27. The molecule has 0 saturated carbocycles. The molecule has 0 aliphatic rings. The molecule has 0 radical (unpaired) electrons. The van der Waals surface area contributed by atoms with Crippen molar-refractivity contribution < 1.29 is 18.1 Å². The van der Waals surface area contributed by atoms with E-state index in [1.807, 2.05) is 0 Å². The topological polar surface area (TPSA) is 56.8 Å². The van der Waals surface area contributed by atoms with Crippen molar-refractivity contribution in [2.45, 2.75) is 24.2 Å². The minimum Gasteiger partial charge on any atom is -0.377 e. The average molecular weight is 314 g/mol. The second-order valence-corrected chi connectivity index (χ2v) is 7.77. The van der Waals surface area contributed by atoms with Crippen LogP contribution >= 0.6 is 15.9 Å². The maximum atomic E-state index is 11.2. The van der Waals surface area contributed by atoms with Crippen molar-refractivity contribution in [3.8, 4) is 0 Å². The number of hydrogen-bond acceptors (Lipinski definition) is 4. The number of hydrogen-bond donors (Lipinski definition) is 1. The van der Waals surface area contributed by atoms with Gasteiger partial charge < -0.3 is 18.6 Å². The minimum atomic E-state index is -2.48. The highest BCUT2D eigenvalue weighted by Gasteiger charge is 2.36. The van der Waals surface area contributed by atoms with Crippen LogP contribution in [0.3, 0.4) is 0 Å². The van der Waals surface area contributed by atoms with Crippen LogP contribution in [0.4, 0.5) is 0 Å². The molecule has 0 aromatic rings. The molecule has 0 bridgehead atoms. The predicted octanol–water partition coefficient (Wildman–Crippen LogP) is 1.15. The zero-order valence-electron chi connectivity index (χ0n) is 10.2. The number of nitrogens with one attached hydrogen (secondary N) is 1. The highest BCUT2D eigenvalue weighted by Crippen LogP contribution is 2.14. The first-order chi connectivity index (χ1) is 7.51. The van der Waals surface area contributed by atoms with E-state index in [1.165, 1.54) is 0 Å². The maximum absolute atomic E-state index is 11.2. The van der Waals surface area contributed by atoms with Crippen LogP contribution in [0, 0.1) is 0 Å². The van der Waals surface area contributed by atoms with Crippen molar-refractivity contribution in [3.63, 3.8) is 0 Å². The molecule has 1 N–H and O–H groups in total. The third-order valence-corrected chi connectivity index (χ3v) is 5.50. The molecule has 16 heavy (non-hydrogen) atoms. The van der Waals surface area contributed by atoms with Gasteiger partial charge in [-0.15, -0.1) is 0 Å². The summed E-state index contributed by atoms with van der Waals surface area (Å²) in [5.41, 5.74) is 0. The number of rotatable bonds is 8. The molecule has 1 unspecified atom stereocenters. The second kappa shape index (κ2) is 8.18. The Morgan fingerprint density at radius 1 is 1.31 bits per heavy atom. The molecule has 0 fully saturated rings. The molecule has 1 atom stereocenters. The van der Waals surface area contributed by atoms with Gasteiger partial charge in [-0.05, 0) is 13.3 Å². The van der Waals surface area contributed by atoms with E-state index in [0.29, 0.717) is 12.6 Å². The van der Waals surface area contributed by atoms with Crippen LogP contribution < -0.4 is 5.32 Å². The van der Waals surface area contributed by atoms with Crippen LogP contribution in [0.25, 0.3) is 0 Å². The largest absolute Gasteiger partial charge is 0.500 e. The molecule has 0 aliphatic carbocycles. The van der Waals surface area contributed by atoms with Gasteiger partial charge in [0.1, 0.15) is 0 Å². The molecule has 0 aromatic carbocycles. The smallest absolute Gasteiger partial charge is 0.377 e. The summed E-state index contributed by atoms with van der Waals surface area (Å²) >= 11 is 3.19. The second-order valence-electron chi connectivity index (χ2n) is 3.31. The SMILES string of the molecule is CO[Si](CCCNC(=O)C(C)Br)(OC)OC. The van der Waals surface area contributed by atoms with Gasteiger partial charge in [0.25, 0.3) is 0 Å². The molecule has 0 rings (SSSR count). The predicted molar refractivity (Wildman–Crippen MR) is 67.6 cm³/mol. The summed E-state index contributed by atoms with van der Waals surface area (Å²) in [4.78, 5) is 11.1. The van der Waals surface area contributed by atoms with Crippen molar-refractivity contribution >= 4 is 30.6 Å². The van der Waals surface area contributed by atoms with Crippen LogP contribution in [0.5, 0.6) is 0 Å². The Balaban J connectivity index is 3.83. The van der Waals surface area contributed by atoms with Crippen LogP contribution in [-0.4, -0.2) is 47.4 Å². The molecule has 0 aromatic heterocycles. The Bertz CT molecular complexity index is 203.